The summed E-state index contributed by atoms with van der Waals surface area (Å²) in [7, 11) is 1.56. The largest absolute Gasteiger partial charge is 0.496 e. The molecule has 1 aromatic heterocycles. The molecule has 0 spiro atoms. The van der Waals surface area contributed by atoms with E-state index < -0.39 is 6.04 Å². The van der Waals surface area contributed by atoms with Gasteiger partial charge in [0.2, 0.25) is 5.91 Å². The molecule has 170 valence electrons. The maximum Gasteiger partial charge on any atom is 0.258 e. The number of rotatable bonds is 5. The van der Waals surface area contributed by atoms with E-state index in [0.29, 0.717) is 35.3 Å². The number of carbonyl (C=O) groups excluding carboxylic acids is 2. The standard InChI is InChI=1S/C25H32N4O3/c1-15(2)23-26-16(3)13-22(27-23)28-24(30)20-14-17-9-5-7-11-19(17)29(20)25(31)18-10-6-8-12-21(18)32-4/h6,8,10,12-13,15,17,19-20H,5,7,9,11,14H2,1-4H3,(H,26,27,28,30). The molecule has 2 amide bonds. The molecule has 7 heteroatoms. The van der Waals surface area contributed by atoms with Crippen LogP contribution in [0.5, 0.6) is 5.75 Å². The smallest absolute Gasteiger partial charge is 0.258 e. The van der Waals surface area contributed by atoms with E-state index in [9.17, 15) is 9.59 Å². The lowest BCUT2D eigenvalue weighted by Crippen LogP contribution is -2.48. The average molecular weight is 437 g/mol. The summed E-state index contributed by atoms with van der Waals surface area (Å²) in [5.74, 6) is 1.89. The summed E-state index contributed by atoms with van der Waals surface area (Å²) < 4.78 is 5.44. The van der Waals surface area contributed by atoms with Gasteiger partial charge in [-0.3, -0.25) is 9.59 Å². The molecule has 2 aliphatic rings. The third-order valence-corrected chi connectivity index (χ3v) is 6.60. The zero-order chi connectivity index (χ0) is 22.8. The molecule has 7 nitrogen and oxygen atoms in total. The molecule has 1 aliphatic carbocycles. The molecule has 2 heterocycles. The van der Waals surface area contributed by atoms with Crippen LogP contribution in [0.25, 0.3) is 0 Å². The molecule has 4 rings (SSSR count). The number of carbonyl (C=O) groups is 2. The van der Waals surface area contributed by atoms with Crippen molar-refractivity contribution in [2.75, 3.05) is 12.4 Å². The molecule has 1 aliphatic heterocycles. The second kappa shape index (κ2) is 9.27. The number of anilines is 1. The Labute approximate surface area is 189 Å². The van der Waals surface area contributed by atoms with E-state index in [-0.39, 0.29) is 23.8 Å². The monoisotopic (exact) mass is 436 g/mol. The number of para-hydroxylation sites is 1. The number of hydrogen-bond donors (Lipinski definition) is 1. The second-order valence-corrected chi connectivity index (χ2v) is 9.17. The summed E-state index contributed by atoms with van der Waals surface area (Å²) in [6, 6.07) is 8.56. The first-order chi connectivity index (χ1) is 15.4. The number of amides is 2. The lowest BCUT2D eigenvalue weighted by molar-refractivity contribution is -0.120. The van der Waals surface area contributed by atoms with Crippen LogP contribution in [0.1, 0.15) is 73.7 Å². The Morgan fingerprint density at radius 3 is 2.66 bits per heavy atom. The molecular weight excluding hydrogens is 404 g/mol. The van der Waals surface area contributed by atoms with Crippen molar-refractivity contribution in [3.63, 3.8) is 0 Å². The van der Waals surface area contributed by atoms with Gasteiger partial charge in [0.1, 0.15) is 23.4 Å². The minimum absolute atomic E-state index is 0.0790. The average Bonchev–Trinajstić information content (AvgIpc) is 3.18. The third-order valence-electron chi connectivity index (χ3n) is 6.60. The van der Waals surface area contributed by atoms with Gasteiger partial charge < -0.3 is 15.0 Å². The van der Waals surface area contributed by atoms with Gasteiger partial charge in [0, 0.05) is 23.7 Å². The van der Waals surface area contributed by atoms with Crippen molar-refractivity contribution < 1.29 is 14.3 Å². The predicted molar refractivity (Wildman–Crippen MR) is 123 cm³/mol. The van der Waals surface area contributed by atoms with Crippen molar-refractivity contribution in [2.24, 2.45) is 5.92 Å². The summed E-state index contributed by atoms with van der Waals surface area (Å²) in [6.07, 6.45) is 4.88. The van der Waals surface area contributed by atoms with Crippen LogP contribution >= 0.6 is 0 Å². The summed E-state index contributed by atoms with van der Waals surface area (Å²) in [4.78, 5) is 37.9. The van der Waals surface area contributed by atoms with Gasteiger partial charge in [0.05, 0.1) is 12.7 Å². The normalized spacial score (nSPS) is 22.5. The van der Waals surface area contributed by atoms with Gasteiger partial charge in [-0.2, -0.15) is 0 Å². The maximum atomic E-state index is 13.7. The number of aryl methyl sites for hydroxylation is 1. The second-order valence-electron chi connectivity index (χ2n) is 9.17. The van der Waals surface area contributed by atoms with Gasteiger partial charge in [-0.15, -0.1) is 0 Å². The lowest BCUT2D eigenvalue weighted by Gasteiger charge is -2.34. The number of nitrogens with zero attached hydrogens (tertiary/aromatic N) is 3. The van der Waals surface area contributed by atoms with E-state index in [1.54, 1.807) is 25.3 Å². The predicted octanol–water partition coefficient (Wildman–Crippen LogP) is 4.33. The Morgan fingerprint density at radius 2 is 1.91 bits per heavy atom. The summed E-state index contributed by atoms with van der Waals surface area (Å²) >= 11 is 0. The summed E-state index contributed by atoms with van der Waals surface area (Å²) in [5, 5.41) is 2.98. The number of ether oxygens (including phenoxy) is 1. The number of benzene rings is 1. The molecular formula is C25H32N4O3. The van der Waals surface area contributed by atoms with Crippen molar-refractivity contribution in [3.05, 3.63) is 47.4 Å². The number of nitrogens with one attached hydrogen (secondary N) is 1. The van der Waals surface area contributed by atoms with Crippen LogP contribution in [0.15, 0.2) is 30.3 Å². The van der Waals surface area contributed by atoms with E-state index in [4.69, 9.17) is 4.74 Å². The van der Waals surface area contributed by atoms with Crippen molar-refractivity contribution in [2.45, 2.75) is 70.9 Å². The molecule has 1 saturated carbocycles. The van der Waals surface area contributed by atoms with Crippen LogP contribution in [0, 0.1) is 12.8 Å². The zero-order valence-electron chi connectivity index (χ0n) is 19.3. The first-order valence-corrected chi connectivity index (χ1v) is 11.5. The third kappa shape index (κ3) is 4.33. The first-order valence-electron chi connectivity index (χ1n) is 11.5. The molecule has 1 N–H and O–H groups in total. The van der Waals surface area contributed by atoms with Crippen LogP contribution < -0.4 is 10.1 Å². The Morgan fingerprint density at radius 1 is 1.16 bits per heavy atom. The molecule has 2 aromatic rings. The van der Waals surface area contributed by atoms with Gasteiger partial charge >= 0.3 is 0 Å². The van der Waals surface area contributed by atoms with Crippen molar-refractivity contribution >= 4 is 17.6 Å². The van der Waals surface area contributed by atoms with Crippen LogP contribution in [0.3, 0.4) is 0 Å². The van der Waals surface area contributed by atoms with Gasteiger partial charge in [0.25, 0.3) is 5.91 Å². The number of fused-ring (bicyclic) bond motifs is 1. The van der Waals surface area contributed by atoms with Crippen LogP contribution in [0.4, 0.5) is 5.82 Å². The highest BCUT2D eigenvalue weighted by Crippen LogP contribution is 2.41. The van der Waals surface area contributed by atoms with Gasteiger partial charge in [-0.05, 0) is 44.2 Å². The van der Waals surface area contributed by atoms with E-state index in [1.807, 2.05) is 37.8 Å². The number of hydrogen-bond acceptors (Lipinski definition) is 5. The number of likely N-dealkylation sites (tertiary alicyclic amines) is 1. The SMILES string of the molecule is COc1ccccc1C(=O)N1C(C(=O)Nc2cc(C)nc(C(C)C)n2)CC2CCCCC21. The van der Waals surface area contributed by atoms with Crippen molar-refractivity contribution in [1.82, 2.24) is 14.9 Å². The van der Waals surface area contributed by atoms with Crippen LogP contribution in [-0.2, 0) is 4.79 Å². The fraction of sp³-hybridized carbons (Fsp3) is 0.520. The number of methoxy groups -OCH3 is 1. The van der Waals surface area contributed by atoms with Gasteiger partial charge in [-0.1, -0.05) is 38.8 Å². The Kier molecular flexibility index (Phi) is 6.44. The minimum Gasteiger partial charge on any atom is -0.496 e. The maximum absolute atomic E-state index is 13.7. The molecule has 0 bridgehead atoms. The highest BCUT2D eigenvalue weighted by molar-refractivity contribution is 6.02. The molecule has 32 heavy (non-hydrogen) atoms. The molecule has 1 aromatic carbocycles. The highest BCUT2D eigenvalue weighted by Gasteiger charge is 2.48. The lowest BCUT2D eigenvalue weighted by atomic mass is 9.84. The quantitative estimate of drug-likeness (QED) is 0.754. The molecule has 3 atom stereocenters. The Hall–Kier alpha value is -2.96. The van der Waals surface area contributed by atoms with Crippen LogP contribution in [0.2, 0.25) is 0 Å². The topological polar surface area (TPSA) is 84.4 Å². The fourth-order valence-electron chi connectivity index (χ4n) is 5.07. The minimum atomic E-state index is -0.529. The Bertz CT molecular complexity index is 1010. The van der Waals surface area contributed by atoms with Crippen molar-refractivity contribution in [3.8, 4) is 5.75 Å². The van der Waals surface area contributed by atoms with Gasteiger partial charge in [0.15, 0.2) is 0 Å². The summed E-state index contributed by atoms with van der Waals surface area (Å²) in [5.41, 5.74) is 1.31. The first kappa shape index (κ1) is 22.2. The summed E-state index contributed by atoms with van der Waals surface area (Å²) in [6.45, 7) is 5.94. The van der Waals surface area contributed by atoms with Crippen molar-refractivity contribution in [1.29, 1.82) is 0 Å². The van der Waals surface area contributed by atoms with E-state index in [2.05, 4.69) is 15.3 Å². The fourth-order valence-corrected chi connectivity index (χ4v) is 5.07. The van der Waals surface area contributed by atoms with Gasteiger partial charge in [-0.25, -0.2) is 9.97 Å². The molecule has 3 unspecified atom stereocenters. The molecule has 2 fully saturated rings. The van der Waals surface area contributed by atoms with E-state index in [1.165, 1.54) is 0 Å². The van der Waals surface area contributed by atoms with E-state index in [0.717, 1.165) is 31.4 Å². The van der Waals surface area contributed by atoms with E-state index >= 15 is 0 Å². The molecule has 1 saturated heterocycles. The zero-order valence-corrected chi connectivity index (χ0v) is 19.3. The Balaban J connectivity index is 1.64. The number of aromatic nitrogens is 2. The highest BCUT2D eigenvalue weighted by atomic mass is 16.5. The molecule has 0 radical (unpaired) electrons. The van der Waals surface area contributed by atoms with Crippen LogP contribution in [-0.4, -0.2) is 45.9 Å².